The number of carbonyl (C=O) groups is 1. The third kappa shape index (κ3) is 8.87. The smallest absolute Gasteiger partial charge is 0.317 e. The molecular formula is C42H43ClN6O5S2. The lowest BCUT2D eigenvalue weighted by molar-refractivity contribution is -0.383. The largest absolute Gasteiger partial charge is 0.376 e. The van der Waals surface area contributed by atoms with Gasteiger partial charge in [0.15, 0.2) is 0 Å². The summed E-state index contributed by atoms with van der Waals surface area (Å²) >= 11 is 7.85. The van der Waals surface area contributed by atoms with E-state index in [1.165, 1.54) is 18.2 Å². The molecule has 0 aliphatic carbocycles. The number of benzene rings is 5. The van der Waals surface area contributed by atoms with Crippen molar-refractivity contribution in [2.75, 3.05) is 68.1 Å². The van der Waals surface area contributed by atoms with Crippen LogP contribution in [0, 0.1) is 10.1 Å². The number of rotatable bonds is 15. The van der Waals surface area contributed by atoms with Gasteiger partial charge in [-0.1, -0.05) is 72.3 Å². The fourth-order valence-corrected chi connectivity index (χ4v) is 9.74. The topological polar surface area (TPSA) is 128 Å². The number of anilines is 3. The highest BCUT2D eigenvalue weighted by molar-refractivity contribution is 7.99. The molecule has 7 rings (SSSR count). The monoisotopic (exact) mass is 810 g/mol. The molecule has 14 heteroatoms. The second-order valence-corrected chi connectivity index (χ2v) is 17.6. The molecule has 2 aliphatic heterocycles. The molecule has 1 fully saturated rings. The van der Waals surface area contributed by atoms with Gasteiger partial charge < -0.3 is 20.4 Å². The molecule has 1 atom stereocenters. The van der Waals surface area contributed by atoms with E-state index in [2.05, 4.69) is 32.6 Å². The number of amides is 1. The molecule has 2 aliphatic rings. The van der Waals surface area contributed by atoms with Crippen LogP contribution in [0.25, 0.3) is 11.1 Å². The fraction of sp³-hybridized carbons (Fsp3) is 0.262. The van der Waals surface area contributed by atoms with Gasteiger partial charge in [-0.25, -0.2) is 8.42 Å². The van der Waals surface area contributed by atoms with Gasteiger partial charge in [-0.3, -0.25) is 19.8 Å². The van der Waals surface area contributed by atoms with E-state index in [9.17, 15) is 23.3 Å². The summed E-state index contributed by atoms with van der Waals surface area (Å²) < 4.78 is 25.1. The second-order valence-electron chi connectivity index (χ2n) is 14.2. The Kier molecular flexibility index (Phi) is 12.0. The number of nitro groups is 1. The number of carbonyl (C=O) groups excluding carboxylic acids is 1. The number of hydrogen-bond acceptors (Lipinski definition) is 10. The molecule has 1 amide bonds. The Bertz CT molecular complexity index is 2340. The lowest BCUT2D eigenvalue weighted by Crippen LogP contribution is -2.46. The highest BCUT2D eigenvalue weighted by atomic mass is 35.5. The minimum Gasteiger partial charge on any atom is -0.376 e. The Balaban J connectivity index is 1.18. The Hall–Kier alpha value is -4.92. The van der Waals surface area contributed by atoms with Crippen LogP contribution in [0.5, 0.6) is 0 Å². The van der Waals surface area contributed by atoms with Crippen LogP contribution in [-0.4, -0.2) is 87.7 Å². The van der Waals surface area contributed by atoms with E-state index in [1.807, 2.05) is 85.7 Å². The van der Waals surface area contributed by atoms with E-state index in [4.69, 9.17) is 11.6 Å². The van der Waals surface area contributed by atoms with Crippen molar-refractivity contribution in [2.24, 2.45) is 0 Å². The molecule has 0 aromatic heterocycles. The van der Waals surface area contributed by atoms with Crippen molar-refractivity contribution >= 4 is 61.9 Å². The Morgan fingerprint density at radius 2 is 1.59 bits per heavy atom. The van der Waals surface area contributed by atoms with Crippen LogP contribution in [0.3, 0.4) is 0 Å². The van der Waals surface area contributed by atoms with E-state index < -0.39 is 15.7 Å². The van der Waals surface area contributed by atoms with Crippen molar-refractivity contribution in [1.82, 2.24) is 9.80 Å². The third-order valence-electron chi connectivity index (χ3n) is 10.1. The van der Waals surface area contributed by atoms with Crippen molar-refractivity contribution in [3.63, 3.8) is 0 Å². The zero-order chi connectivity index (χ0) is 39.4. The van der Waals surface area contributed by atoms with Crippen molar-refractivity contribution in [2.45, 2.75) is 33.7 Å². The van der Waals surface area contributed by atoms with Crippen LogP contribution in [-0.2, 0) is 16.4 Å². The first-order valence-electron chi connectivity index (χ1n) is 18.4. The van der Waals surface area contributed by atoms with Crippen LogP contribution < -0.4 is 15.5 Å². The van der Waals surface area contributed by atoms with E-state index in [0.29, 0.717) is 49.2 Å². The second kappa shape index (κ2) is 17.1. The van der Waals surface area contributed by atoms with Crippen molar-refractivity contribution < 1.29 is 18.1 Å². The lowest BCUT2D eigenvalue weighted by atomic mass is 9.99. The number of piperazine rings is 1. The quantitative estimate of drug-likeness (QED) is 0.0454. The predicted molar refractivity (Wildman–Crippen MR) is 225 cm³/mol. The molecule has 5 aromatic carbocycles. The summed E-state index contributed by atoms with van der Waals surface area (Å²) in [5.74, 6) is 0.0341. The maximum absolute atomic E-state index is 13.7. The molecule has 11 nitrogen and oxygen atoms in total. The SMILES string of the molecule is CN(C)CC[C@H](CSc1ccccc1)Nc1ccc(NC(=O)c2cccc3c2S3(=O)=O)c(N2CCN(Cc3ccccc3-c3ccc(Cl)cc3)CC2)c1[N+](=O)[O-]. The van der Waals surface area contributed by atoms with Crippen LogP contribution in [0.4, 0.5) is 22.7 Å². The predicted octanol–water partition coefficient (Wildman–Crippen LogP) is 8.16. The molecule has 0 radical (unpaired) electrons. The first kappa shape index (κ1) is 39.3. The molecule has 0 saturated carbocycles. The van der Waals surface area contributed by atoms with Crippen LogP contribution in [0.1, 0.15) is 22.3 Å². The number of sulfone groups is 1. The average molecular weight is 811 g/mol. The zero-order valence-electron chi connectivity index (χ0n) is 31.2. The Morgan fingerprint density at radius 1 is 0.893 bits per heavy atom. The van der Waals surface area contributed by atoms with Crippen molar-refractivity contribution in [3.05, 3.63) is 135 Å². The van der Waals surface area contributed by atoms with Crippen LogP contribution >= 0.6 is 23.4 Å². The lowest BCUT2D eigenvalue weighted by Gasteiger charge is -2.37. The van der Waals surface area contributed by atoms with Gasteiger partial charge in [0.05, 0.1) is 21.1 Å². The molecule has 56 heavy (non-hydrogen) atoms. The number of thioether (sulfide) groups is 1. The van der Waals surface area contributed by atoms with Gasteiger partial charge in [-0.2, -0.15) is 0 Å². The molecule has 290 valence electrons. The van der Waals surface area contributed by atoms with E-state index in [-0.39, 0.29) is 43.4 Å². The summed E-state index contributed by atoms with van der Waals surface area (Å²) in [6.07, 6.45) is 0.738. The molecule has 1 saturated heterocycles. The summed E-state index contributed by atoms with van der Waals surface area (Å²) in [4.78, 5) is 34.1. The molecule has 2 N–H and O–H groups in total. The van der Waals surface area contributed by atoms with Gasteiger partial charge in [0, 0.05) is 54.4 Å². The van der Waals surface area contributed by atoms with Crippen LogP contribution in [0.15, 0.2) is 124 Å². The van der Waals surface area contributed by atoms with E-state index in [0.717, 1.165) is 34.6 Å². The molecular weight excluding hydrogens is 768 g/mol. The number of nitrogens with zero attached hydrogens (tertiary/aromatic N) is 4. The number of halogens is 1. The first-order chi connectivity index (χ1) is 27.0. The van der Waals surface area contributed by atoms with Crippen LogP contribution in [0.2, 0.25) is 5.02 Å². The molecule has 0 bridgehead atoms. The third-order valence-corrected chi connectivity index (χ3v) is 13.2. The number of nitrogens with one attached hydrogen (secondary N) is 2. The summed E-state index contributed by atoms with van der Waals surface area (Å²) in [5.41, 5.74) is 4.11. The van der Waals surface area contributed by atoms with Crippen molar-refractivity contribution in [3.8, 4) is 11.1 Å². The summed E-state index contributed by atoms with van der Waals surface area (Å²) in [7, 11) is 0.383. The van der Waals surface area contributed by atoms with Gasteiger partial charge in [0.1, 0.15) is 16.3 Å². The highest BCUT2D eigenvalue weighted by Gasteiger charge is 2.43. The van der Waals surface area contributed by atoms with Gasteiger partial charge in [0.25, 0.3) is 5.91 Å². The first-order valence-corrected chi connectivity index (χ1v) is 21.3. The van der Waals surface area contributed by atoms with E-state index in [1.54, 1.807) is 23.9 Å². The molecule has 0 unspecified atom stereocenters. The van der Waals surface area contributed by atoms with Gasteiger partial charge in [-0.15, -0.1) is 11.8 Å². The minimum absolute atomic E-state index is 0.000942. The maximum Gasteiger partial charge on any atom is 0.317 e. The van der Waals surface area contributed by atoms with Gasteiger partial charge in [0.2, 0.25) is 9.84 Å². The number of fused-ring (bicyclic) bond motifs is 1. The average Bonchev–Trinajstić information content (AvgIpc) is 3.77. The maximum atomic E-state index is 13.7. The van der Waals surface area contributed by atoms with E-state index >= 15 is 0 Å². The standard InChI is InChI=1S/C42H43ClN6O5S2/c1-46(2)22-21-32(28-55-33-10-4-3-5-11-33)44-37-20-19-36(45-42(50)35-13-8-14-38-41(35)56(38,53)54)39(40(37)49(51)52)48-25-23-47(24-26-48)27-30-9-6-7-12-34(30)29-15-17-31(43)18-16-29/h3-20,32,44H,21-28H2,1-2H3,(H,45,50)/t32-/m1/s1. The summed E-state index contributed by atoms with van der Waals surface area (Å²) in [5, 5.41) is 20.2. The molecule has 0 spiro atoms. The zero-order valence-corrected chi connectivity index (χ0v) is 33.5. The molecule has 2 heterocycles. The Morgan fingerprint density at radius 3 is 2.30 bits per heavy atom. The van der Waals surface area contributed by atoms with Gasteiger partial charge in [-0.05, 0) is 92.3 Å². The summed E-state index contributed by atoms with van der Waals surface area (Å²) in [6.45, 7) is 3.59. The highest BCUT2D eigenvalue weighted by Crippen LogP contribution is 2.45. The molecule has 5 aromatic rings. The summed E-state index contributed by atoms with van der Waals surface area (Å²) in [6, 6.07) is 33.7. The Labute approximate surface area is 336 Å². The number of hydrogen-bond donors (Lipinski definition) is 2. The minimum atomic E-state index is -3.62. The fourth-order valence-electron chi connectivity index (χ4n) is 7.11. The number of nitro benzene ring substituents is 1. The van der Waals surface area contributed by atoms with Gasteiger partial charge >= 0.3 is 5.69 Å². The van der Waals surface area contributed by atoms with Crippen molar-refractivity contribution in [1.29, 1.82) is 0 Å². The normalized spacial score (nSPS) is 15.2.